The van der Waals surface area contributed by atoms with E-state index in [0.29, 0.717) is 31.5 Å². The maximum atomic E-state index is 13.4. The summed E-state index contributed by atoms with van der Waals surface area (Å²) in [5, 5.41) is 2.84. The lowest BCUT2D eigenvalue weighted by molar-refractivity contribution is -0.137. The summed E-state index contributed by atoms with van der Waals surface area (Å²) in [4.78, 5) is 42.2. The van der Waals surface area contributed by atoms with Gasteiger partial charge >= 0.3 is 6.18 Å². The van der Waals surface area contributed by atoms with E-state index in [-0.39, 0.29) is 47.2 Å². The van der Waals surface area contributed by atoms with E-state index < -0.39 is 45.4 Å². The summed E-state index contributed by atoms with van der Waals surface area (Å²) >= 11 is 0. The maximum Gasteiger partial charge on any atom is 0.416 e. The Morgan fingerprint density at radius 3 is 2.53 bits per heavy atom. The number of rotatable bonds is 5. The summed E-state index contributed by atoms with van der Waals surface area (Å²) in [6.45, 7) is 0.537. The summed E-state index contributed by atoms with van der Waals surface area (Å²) in [6, 6.07) is 8.96. The molecule has 8 nitrogen and oxygen atoms in total. The average molecular weight is 550 g/mol. The second-order valence-electron chi connectivity index (χ2n) is 9.99. The Morgan fingerprint density at radius 1 is 1.05 bits per heavy atom. The molecule has 38 heavy (non-hydrogen) atoms. The molecule has 0 saturated carbocycles. The van der Waals surface area contributed by atoms with Gasteiger partial charge in [-0.15, -0.1) is 0 Å². The van der Waals surface area contributed by atoms with Crippen LogP contribution in [-0.4, -0.2) is 61.7 Å². The normalized spacial score (nSPS) is 23.0. The molecule has 1 N–H and O–H groups in total. The fourth-order valence-electron chi connectivity index (χ4n) is 5.39. The van der Waals surface area contributed by atoms with Crippen LogP contribution in [0, 0.1) is 5.92 Å². The van der Waals surface area contributed by atoms with Crippen LogP contribution in [0.1, 0.15) is 51.1 Å². The van der Waals surface area contributed by atoms with E-state index >= 15 is 0 Å². The second-order valence-corrected chi connectivity index (χ2v) is 12.2. The van der Waals surface area contributed by atoms with Crippen LogP contribution >= 0.6 is 0 Å². The van der Waals surface area contributed by atoms with Gasteiger partial charge in [-0.2, -0.15) is 13.2 Å². The standard InChI is InChI=1S/C26H26F3N3O5S/c27-26(28,29)18-6-1-4-16(12-18)13-32-24(34)20-7-2-8-21(22(20)25(32)35)31-10-3-5-17(14-31)23(33)30-19-9-11-38(36,37)15-19/h1-2,4,6-8,12,17,19H,3,5,9-11,13-15H2,(H,30,33)/t17-,19-/m1/s1. The van der Waals surface area contributed by atoms with E-state index in [1.807, 2.05) is 4.90 Å². The van der Waals surface area contributed by atoms with Crippen molar-refractivity contribution in [3.05, 3.63) is 64.7 Å². The maximum absolute atomic E-state index is 13.4. The topological polar surface area (TPSA) is 104 Å². The van der Waals surface area contributed by atoms with Crippen LogP contribution < -0.4 is 10.2 Å². The molecule has 3 aliphatic heterocycles. The first kappa shape index (κ1) is 26.2. The lowest BCUT2D eigenvalue weighted by Crippen LogP contribution is -2.46. The summed E-state index contributed by atoms with van der Waals surface area (Å²) in [5.74, 6) is -1.86. The number of fused-ring (bicyclic) bond motifs is 1. The van der Waals surface area contributed by atoms with Crippen LogP contribution in [0.2, 0.25) is 0 Å². The number of hydrogen-bond acceptors (Lipinski definition) is 6. The molecule has 202 valence electrons. The van der Waals surface area contributed by atoms with Gasteiger partial charge < -0.3 is 10.2 Å². The zero-order valence-electron chi connectivity index (χ0n) is 20.3. The van der Waals surface area contributed by atoms with Crippen LogP contribution in [0.4, 0.5) is 18.9 Å². The number of halogens is 3. The minimum atomic E-state index is -4.55. The van der Waals surface area contributed by atoms with Crippen molar-refractivity contribution in [2.75, 3.05) is 29.5 Å². The Hall–Kier alpha value is -3.41. The first-order valence-corrected chi connectivity index (χ1v) is 14.2. The largest absolute Gasteiger partial charge is 0.416 e. The number of imide groups is 1. The molecule has 3 amide bonds. The predicted molar refractivity (Wildman–Crippen MR) is 132 cm³/mol. The Bertz CT molecular complexity index is 1410. The molecule has 2 aromatic carbocycles. The van der Waals surface area contributed by atoms with Crippen molar-refractivity contribution in [2.45, 2.75) is 38.0 Å². The first-order chi connectivity index (χ1) is 17.9. The van der Waals surface area contributed by atoms with Gasteiger partial charge in [0, 0.05) is 19.1 Å². The highest BCUT2D eigenvalue weighted by molar-refractivity contribution is 7.91. The number of nitrogens with zero attached hydrogens (tertiary/aromatic N) is 2. The number of carbonyl (C=O) groups is 3. The van der Waals surface area contributed by atoms with Crippen LogP contribution in [0.3, 0.4) is 0 Å². The third kappa shape index (κ3) is 5.13. The molecule has 0 aliphatic carbocycles. The average Bonchev–Trinajstić information content (AvgIpc) is 3.34. The summed E-state index contributed by atoms with van der Waals surface area (Å²) < 4.78 is 62.9. The quantitative estimate of drug-likeness (QED) is 0.576. The van der Waals surface area contributed by atoms with Crippen LogP contribution in [0.25, 0.3) is 0 Å². The van der Waals surface area contributed by atoms with Gasteiger partial charge in [0.05, 0.1) is 46.3 Å². The van der Waals surface area contributed by atoms with Crippen molar-refractivity contribution in [2.24, 2.45) is 5.92 Å². The summed E-state index contributed by atoms with van der Waals surface area (Å²) in [7, 11) is -3.14. The molecule has 5 rings (SSSR count). The van der Waals surface area contributed by atoms with Crippen LogP contribution in [-0.2, 0) is 27.4 Å². The Balaban J connectivity index is 1.33. The third-order valence-electron chi connectivity index (χ3n) is 7.28. The van der Waals surface area contributed by atoms with Crippen molar-refractivity contribution >= 4 is 33.2 Å². The lowest BCUT2D eigenvalue weighted by Gasteiger charge is -2.35. The number of anilines is 1. The molecule has 2 saturated heterocycles. The van der Waals surface area contributed by atoms with Crippen LogP contribution in [0.15, 0.2) is 42.5 Å². The van der Waals surface area contributed by atoms with Crippen molar-refractivity contribution in [1.29, 1.82) is 0 Å². The van der Waals surface area contributed by atoms with Gasteiger partial charge in [-0.05, 0) is 49.1 Å². The van der Waals surface area contributed by atoms with E-state index in [1.165, 1.54) is 18.2 Å². The molecular weight excluding hydrogens is 523 g/mol. The molecule has 12 heteroatoms. The number of hydrogen-bond donors (Lipinski definition) is 1. The highest BCUT2D eigenvalue weighted by atomic mass is 32.2. The third-order valence-corrected chi connectivity index (χ3v) is 9.05. The van der Waals surface area contributed by atoms with E-state index in [1.54, 1.807) is 12.1 Å². The minimum Gasteiger partial charge on any atom is -0.370 e. The first-order valence-electron chi connectivity index (χ1n) is 12.3. The lowest BCUT2D eigenvalue weighted by atomic mass is 9.95. The number of benzene rings is 2. The minimum absolute atomic E-state index is 0.0536. The molecule has 2 fully saturated rings. The van der Waals surface area contributed by atoms with Gasteiger partial charge in [-0.1, -0.05) is 18.2 Å². The van der Waals surface area contributed by atoms with Gasteiger partial charge in [0.2, 0.25) is 5.91 Å². The van der Waals surface area contributed by atoms with Gasteiger partial charge in [0.1, 0.15) is 0 Å². The highest BCUT2D eigenvalue weighted by Gasteiger charge is 2.40. The number of carbonyl (C=O) groups excluding carboxylic acids is 3. The second kappa shape index (κ2) is 9.72. The molecule has 0 spiro atoms. The van der Waals surface area contributed by atoms with E-state index in [9.17, 15) is 36.0 Å². The Labute approximate surface area is 217 Å². The monoisotopic (exact) mass is 549 g/mol. The number of nitrogens with one attached hydrogen (secondary N) is 1. The van der Waals surface area contributed by atoms with Gasteiger partial charge in [0.25, 0.3) is 11.8 Å². The Morgan fingerprint density at radius 2 is 1.82 bits per heavy atom. The predicted octanol–water partition coefficient (Wildman–Crippen LogP) is 3.02. The smallest absolute Gasteiger partial charge is 0.370 e. The molecule has 0 bridgehead atoms. The molecule has 2 atom stereocenters. The summed E-state index contributed by atoms with van der Waals surface area (Å²) in [6.07, 6.45) is -2.91. The molecule has 3 aliphatic rings. The Kier molecular flexibility index (Phi) is 6.70. The molecule has 2 aromatic rings. The van der Waals surface area contributed by atoms with Crippen molar-refractivity contribution in [3.8, 4) is 0 Å². The van der Waals surface area contributed by atoms with Gasteiger partial charge in [-0.25, -0.2) is 8.42 Å². The highest BCUT2D eigenvalue weighted by Crippen LogP contribution is 2.35. The SMILES string of the molecule is O=C(N[C@@H]1CCS(=O)(=O)C1)[C@@H]1CCCN(c2cccc3c2C(=O)N(Cc2cccc(C(F)(F)F)c2)C3=O)C1. The summed E-state index contributed by atoms with van der Waals surface area (Å²) in [5.41, 5.74) is 0.155. The zero-order chi connectivity index (χ0) is 27.2. The zero-order valence-corrected chi connectivity index (χ0v) is 21.1. The molecule has 0 unspecified atom stereocenters. The number of sulfone groups is 1. The van der Waals surface area contributed by atoms with Crippen molar-refractivity contribution in [3.63, 3.8) is 0 Å². The molecule has 3 heterocycles. The molecular formula is C26H26F3N3O5S. The van der Waals surface area contributed by atoms with Gasteiger partial charge in [-0.3, -0.25) is 19.3 Å². The van der Waals surface area contributed by atoms with E-state index in [0.717, 1.165) is 17.0 Å². The molecule has 0 aromatic heterocycles. The van der Waals surface area contributed by atoms with Crippen molar-refractivity contribution < 1.29 is 36.0 Å². The van der Waals surface area contributed by atoms with E-state index in [4.69, 9.17) is 0 Å². The fourth-order valence-corrected chi connectivity index (χ4v) is 7.06. The van der Waals surface area contributed by atoms with E-state index in [2.05, 4.69) is 5.32 Å². The number of alkyl halides is 3. The van der Waals surface area contributed by atoms with Crippen LogP contribution in [0.5, 0.6) is 0 Å². The van der Waals surface area contributed by atoms with Gasteiger partial charge in [0.15, 0.2) is 9.84 Å². The fraction of sp³-hybridized carbons (Fsp3) is 0.423. The molecule has 0 radical (unpaired) electrons. The van der Waals surface area contributed by atoms with Crippen molar-refractivity contribution in [1.82, 2.24) is 10.2 Å². The number of piperidine rings is 1. The number of amides is 3.